The van der Waals surface area contributed by atoms with E-state index in [0.717, 1.165) is 12.8 Å². The van der Waals surface area contributed by atoms with E-state index in [2.05, 4.69) is 10.3 Å². The van der Waals surface area contributed by atoms with E-state index in [1.807, 2.05) is 0 Å². The first-order valence-corrected chi connectivity index (χ1v) is 8.98. The smallest absolute Gasteiger partial charge is 0.351 e. The van der Waals surface area contributed by atoms with Gasteiger partial charge in [0.2, 0.25) is 0 Å². The van der Waals surface area contributed by atoms with Crippen LogP contribution in [0.5, 0.6) is 0 Å². The maximum absolute atomic E-state index is 14.6. The summed E-state index contributed by atoms with van der Waals surface area (Å²) in [5.41, 5.74) is -2.04. The fourth-order valence-electron chi connectivity index (χ4n) is 3.95. The first-order chi connectivity index (χ1) is 12.2. The molecule has 1 atom stereocenters. The van der Waals surface area contributed by atoms with Crippen LogP contribution in [0.4, 0.5) is 24.5 Å². The molecule has 2 heterocycles. The van der Waals surface area contributed by atoms with Crippen molar-refractivity contribution in [3.63, 3.8) is 0 Å². The van der Waals surface area contributed by atoms with Crippen LogP contribution in [0.3, 0.4) is 0 Å². The lowest BCUT2D eigenvalue weighted by atomic mass is 9.67. The molecule has 26 heavy (non-hydrogen) atoms. The summed E-state index contributed by atoms with van der Waals surface area (Å²) in [4.78, 5) is 15.0. The second-order valence-corrected chi connectivity index (χ2v) is 7.71. The summed E-state index contributed by atoms with van der Waals surface area (Å²) in [6.45, 7) is 1.59. The van der Waals surface area contributed by atoms with Crippen LogP contribution in [0.2, 0.25) is 5.02 Å². The summed E-state index contributed by atoms with van der Waals surface area (Å²) in [7, 11) is 0. The van der Waals surface area contributed by atoms with E-state index in [4.69, 9.17) is 11.6 Å². The van der Waals surface area contributed by atoms with Gasteiger partial charge in [0.25, 0.3) is 5.56 Å². The van der Waals surface area contributed by atoms with E-state index in [-0.39, 0.29) is 33.9 Å². The quantitative estimate of drug-likeness (QED) is 0.743. The highest BCUT2D eigenvalue weighted by Crippen LogP contribution is 2.57. The molecule has 1 saturated carbocycles. The molecular formula is C19H18ClF3N2O. The van der Waals surface area contributed by atoms with E-state index in [0.29, 0.717) is 18.0 Å². The highest BCUT2D eigenvalue weighted by molar-refractivity contribution is 6.30. The number of halogens is 4. The number of hydrogen-bond acceptors (Lipinski definition) is 2. The average molecular weight is 383 g/mol. The van der Waals surface area contributed by atoms with Crippen molar-refractivity contribution in [3.8, 4) is 0 Å². The molecule has 138 valence electrons. The van der Waals surface area contributed by atoms with Crippen LogP contribution >= 0.6 is 11.6 Å². The van der Waals surface area contributed by atoms with Crippen molar-refractivity contribution in [2.75, 3.05) is 5.32 Å². The second-order valence-electron chi connectivity index (χ2n) is 7.27. The van der Waals surface area contributed by atoms with E-state index in [9.17, 15) is 18.0 Å². The number of benzene rings is 1. The van der Waals surface area contributed by atoms with Crippen molar-refractivity contribution < 1.29 is 13.2 Å². The number of hydrogen-bond donors (Lipinski definition) is 2. The topological polar surface area (TPSA) is 44.9 Å². The molecular weight excluding hydrogens is 365 g/mol. The van der Waals surface area contributed by atoms with Crippen LogP contribution in [0.25, 0.3) is 0 Å². The summed E-state index contributed by atoms with van der Waals surface area (Å²) in [5, 5.41) is 3.14. The first kappa shape index (κ1) is 17.5. The average Bonchev–Trinajstić information content (AvgIpc) is 3.35. The van der Waals surface area contributed by atoms with E-state index < -0.39 is 17.2 Å². The fourth-order valence-corrected chi connectivity index (χ4v) is 4.12. The number of alkyl halides is 3. The summed E-state index contributed by atoms with van der Waals surface area (Å²) in [5.74, 6) is 0.332. The predicted octanol–water partition coefficient (Wildman–Crippen LogP) is 5.43. The number of rotatable bonds is 3. The minimum Gasteiger partial charge on any atom is -0.351 e. The highest BCUT2D eigenvalue weighted by atomic mass is 35.5. The van der Waals surface area contributed by atoms with Gasteiger partial charge in [-0.15, -0.1) is 0 Å². The van der Waals surface area contributed by atoms with Gasteiger partial charge in [0.15, 0.2) is 0 Å². The number of nitrogens with one attached hydrogen (secondary N) is 2. The van der Waals surface area contributed by atoms with Gasteiger partial charge in [-0.25, -0.2) is 0 Å². The normalized spacial score (nSPS) is 21.7. The third kappa shape index (κ3) is 2.62. The lowest BCUT2D eigenvalue weighted by molar-refractivity contribution is -0.180. The largest absolute Gasteiger partial charge is 0.402 e. The van der Waals surface area contributed by atoms with Gasteiger partial charge in [0, 0.05) is 22.0 Å². The van der Waals surface area contributed by atoms with Crippen molar-refractivity contribution in [3.05, 3.63) is 56.5 Å². The van der Waals surface area contributed by atoms with E-state index in [1.165, 1.54) is 24.3 Å². The zero-order valence-corrected chi connectivity index (χ0v) is 14.9. The first-order valence-electron chi connectivity index (χ1n) is 8.60. The van der Waals surface area contributed by atoms with Crippen LogP contribution in [-0.2, 0) is 5.41 Å². The fraction of sp³-hybridized carbons (Fsp3) is 0.421. The Morgan fingerprint density at radius 3 is 2.62 bits per heavy atom. The maximum Gasteiger partial charge on any atom is 0.402 e. The third-order valence-electron chi connectivity index (χ3n) is 5.44. The van der Waals surface area contributed by atoms with Gasteiger partial charge in [-0.05, 0) is 55.5 Å². The number of aromatic nitrogens is 1. The molecule has 0 amide bonds. The molecule has 0 radical (unpaired) electrons. The summed E-state index contributed by atoms with van der Waals surface area (Å²) in [6, 6.07) is 5.86. The van der Waals surface area contributed by atoms with Gasteiger partial charge < -0.3 is 10.3 Å². The Bertz CT molecular complexity index is 933. The van der Waals surface area contributed by atoms with Gasteiger partial charge in [-0.3, -0.25) is 4.79 Å². The molecule has 1 aliphatic carbocycles. The van der Waals surface area contributed by atoms with Gasteiger partial charge >= 0.3 is 6.18 Å². The van der Waals surface area contributed by atoms with Crippen LogP contribution < -0.4 is 10.9 Å². The predicted molar refractivity (Wildman–Crippen MR) is 95.3 cm³/mol. The molecule has 1 aromatic carbocycles. The van der Waals surface area contributed by atoms with Crippen molar-refractivity contribution in [2.24, 2.45) is 5.92 Å². The Labute approximate surface area is 153 Å². The molecule has 0 bridgehead atoms. The Kier molecular flexibility index (Phi) is 3.88. The van der Waals surface area contributed by atoms with Crippen molar-refractivity contribution in [1.82, 2.24) is 4.98 Å². The molecule has 2 N–H and O–H groups in total. The number of aryl methyl sites for hydroxylation is 1. The van der Waals surface area contributed by atoms with Crippen LogP contribution in [0, 0.1) is 12.8 Å². The molecule has 1 unspecified atom stereocenters. The van der Waals surface area contributed by atoms with Crippen LogP contribution in [-0.4, -0.2) is 11.2 Å². The number of anilines is 2. The third-order valence-corrected chi connectivity index (χ3v) is 5.67. The molecule has 4 rings (SSSR count). The Morgan fingerprint density at radius 2 is 1.96 bits per heavy atom. The number of H-pyrrole nitrogens is 1. The minimum absolute atomic E-state index is 0.0123. The van der Waals surface area contributed by atoms with Crippen LogP contribution in [0.15, 0.2) is 29.1 Å². The maximum atomic E-state index is 14.6. The molecule has 1 fully saturated rings. The lowest BCUT2D eigenvalue weighted by Gasteiger charge is -2.42. The number of pyridine rings is 1. The zero-order chi connectivity index (χ0) is 18.7. The van der Waals surface area contributed by atoms with Crippen molar-refractivity contribution in [1.29, 1.82) is 0 Å². The standard InChI is InChI=1S/C19H18ClF3N2O/c1-10-8-14-16(17(26)24-10)25-15-5-4-12(20)9-13(15)18(14,19(21,22)23)7-6-11-2-3-11/h4-5,8-9,11,25H,2-3,6-7H2,1H3,(H,24,26). The molecule has 0 saturated heterocycles. The molecule has 0 spiro atoms. The van der Waals surface area contributed by atoms with Crippen molar-refractivity contribution >= 4 is 23.0 Å². The Balaban J connectivity index is 2.04. The van der Waals surface area contributed by atoms with E-state index in [1.54, 1.807) is 6.92 Å². The molecule has 1 aromatic heterocycles. The minimum atomic E-state index is -4.56. The van der Waals surface area contributed by atoms with Gasteiger partial charge in [0.05, 0.1) is 0 Å². The summed E-state index contributed by atoms with van der Waals surface area (Å²) >= 11 is 6.06. The van der Waals surface area contributed by atoms with Crippen molar-refractivity contribution in [2.45, 2.75) is 44.2 Å². The van der Waals surface area contributed by atoms with E-state index >= 15 is 0 Å². The van der Waals surface area contributed by atoms with Crippen LogP contribution in [0.1, 0.15) is 42.5 Å². The lowest BCUT2D eigenvalue weighted by Crippen LogP contribution is -2.47. The van der Waals surface area contributed by atoms with Gasteiger partial charge in [-0.1, -0.05) is 24.4 Å². The molecule has 3 nitrogen and oxygen atoms in total. The second kappa shape index (κ2) is 5.78. The number of fused-ring (bicyclic) bond motifs is 2. The number of aromatic amines is 1. The molecule has 7 heteroatoms. The zero-order valence-electron chi connectivity index (χ0n) is 14.1. The Hall–Kier alpha value is -1.95. The monoisotopic (exact) mass is 382 g/mol. The van der Waals surface area contributed by atoms with Gasteiger partial charge in [-0.2, -0.15) is 13.2 Å². The SMILES string of the molecule is Cc1cc2c(c(=O)[nH]1)Nc1ccc(Cl)cc1C2(CCC1CC1)C(F)(F)F. The molecule has 1 aliphatic heterocycles. The molecule has 2 aromatic rings. The highest BCUT2D eigenvalue weighted by Gasteiger charge is 2.60. The molecule has 2 aliphatic rings. The van der Waals surface area contributed by atoms with Gasteiger partial charge in [0.1, 0.15) is 11.1 Å². The Morgan fingerprint density at radius 1 is 1.23 bits per heavy atom. The summed E-state index contributed by atoms with van der Waals surface area (Å²) in [6.07, 6.45) is -2.24. The summed E-state index contributed by atoms with van der Waals surface area (Å²) < 4.78 is 43.9.